The molecule has 2 rings (SSSR count). The first kappa shape index (κ1) is 11.1. The zero-order valence-electron chi connectivity index (χ0n) is 9.31. The van der Waals surface area contributed by atoms with E-state index in [1.54, 1.807) is 12.1 Å². The lowest BCUT2D eigenvalue weighted by molar-refractivity contribution is -0.136. The van der Waals surface area contributed by atoms with Crippen LogP contribution in [0, 0.1) is 5.92 Å². The lowest BCUT2D eigenvalue weighted by Crippen LogP contribution is -2.23. The molecule has 0 saturated heterocycles. The van der Waals surface area contributed by atoms with Crippen LogP contribution < -0.4 is 0 Å². The van der Waals surface area contributed by atoms with Gasteiger partial charge in [-0.25, -0.2) is 0 Å². The molecule has 0 heterocycles. The van der Waals surface area contributed by atoms with Gasteiger partial charge in [-0.05, 0) is 36.8 Å². The Balaban J connectivity index is 2.15. The molecule has 1 atom stereocenters. The van der Waals surface area contributed by atoms with Gasteiger partial charge in [-0.3, -0.25) is 4.79 Å². The third-order valence-corrected chi connectivity index (χ3v) is 3.27. The fourth-order valence-electron chi connectivity index (χ4n) is 2.02. The predicted octanol–water partition coefficient (Wildman–Crippen LogP) is 1.93. The van der Waals surface area contributed by atoms with Gasteiger partial charge in [-0.15, -0.1) is 0 Å². The second-order valence-electron chi connectivity index (χ2n) is 4.69. The summed E-state index contributed by atoms with van der Waals surface area (Å²) in [6, 6.07) is 7.22. The molecule has 1 fully saturated rings. The van der Waals surface area contributed by atoms with Gasteiger partial charge < -0.3 is 10.2 Å². The lowest BCUT2D eigenvalue weighted by atomic mass is 9.90. The van der Waals surface area contributed by atoms with Gasteiger partial charge >= 0.3 is 5.97 Å². The topological polar surface area (TPSA) is 57.5 Å². The van der Waals surface area contributed by atoms with Gasteiger partial charge in [0.05, 0.1) is 12.0 Å². The van der Waals surface area contributed by atoms with Crippen molar-refractivity contribution in [3.05, 3.63) is 35.4 Å². The van der Waals surface area contributed by atoms with E-state index < -0.39 is 11.6 Å². The number of carboxylic acid groups (broad SMARTS) is 1. The van der Waals surface area contributed by atoms with Gasteiger partial charge in [0.1, 0.15) is 0 Å². The normalized spacial score (nSPS) is 19.1. The molecule has 0 amide bonds. The second kappa shape index (κ2) is 3.91. The lowest BCUT2D eigenvalue weighted by Gasteiger charge is -2.23. The van der Waals surface area contributed by atoms with Gasteiger partial charge in [-0.1, -0.05) is 24.3 Å². The van der Waals surface area contributed by atoms with Crippen LogP contribution in [0.1, 0.15) is 30.9 Å². The summed E-state index contributed by atoms with van der Waals surface area (Å²) < 4.78 is 0. The Kier molecular flexibility index (Phi) is 2.72. The van der Waals surface area contributed by atoms with Crippen molar-refractivity contribution in [2.75, 3.05) is 0 Å². The smallest absolute Gasteiger partial charge is 0.307 e. The van der Waals surface area contributed by atoms with E-state index in [1.165, 1.54) is 0 Å². The summed E-state index contributed by atoms with van der Waals surface area (Å²) in [6.45, 7) is 1.83. The molecule has 3 nitrogen and oxygen atoms in total. The number of aliphatic hydroxyl groups is 1. The van der Waals surface area contributed by atoms with Crippen molar-refractivity contribution in [2.45, 2.75) is 31.8 Å². The molecule has 1 saturated carbocycles. The van der Waals surface area contributed by atoms with Crippen molar-refractivity contribution in [3.8, 4) is 0 Å². The third-order valence-electron chi connectivity index (χ3n) is 3.27. The fraction of sp³-hybridized carbons (Fsp3) is 0.462. The molecule has 1 unspecified atom stereocenters. The summed E-state index contributed by atoms with van der Waals surface area (Å²) in [4.78, 5) is 10.5. The molecule has 0 aromatic heterocycles. The number of carbonyl (C=O) groups is 1. The first-order valence-electron chi connectivity index (χ1n) is 5.53. The van der Waals surface area contributed by atoms with E-state index >= 15 is 0 Å². The Hall–Kier alpha value is -1.35. The molecule has 1 aliphatic rings. The molecule has 3 heteroatoms. The van der Waals surface area contributed by atoms with Gasteiger partial charge in [0.15, 0.2) is 0 Å². The highest BCUT2D eigenvalue weighted by atomic mass is 16.4. The van der Waals surface area contributed by atoms with Gasteiger partial charge in [-0.2, -0.15) is 0 Å². The van der Waals surface area contributed by atoms with Crippen LogP contribution in [0.2, 0.25) is 0 Å². The molecular formula is C13H16O3. The third kappa shape index (κ3) is 2.25. The van der Waals surface area contributed by atoms with Gasteiger partial charge in [0.2, 0.25) is 0 Å². The van der Waals surface area contributed by atoms with Crippen molar-refractivity contribution < 1.29 is 15.0 Å². The van der Waals surface area contributed by atoms with Crippen molar-refractivity contribution in [1.29, 1.82) is 0 Å². The van der Waals surface area contributed by atoms with Crippen LogP contribution in [-0.2, 0) is 16.8 Å². The minimum atomic E-state index is -0.832. The first-order valence-corrected chi connectivity index (χ1v) is 5.53. The maximum atomic E-state index is 10.5. The maximum Gasteiger partial charge on any atom is 0.307 e. The average molecular weight is 220 g/mol. The molecular weight excluding hydrogens is 204 g/mol. The Morgan fingerprint density at radius 2 is 1.94 bits per heavy atom. The SMILES string of the molecule is CC(O)(c1ccc(CC(=O)O)cc1)C1CC1. The second-order valence-corrected chi connectivity index (χ2v) is 4.69. The van der Waals surface area contributed by atoms with Crippen LogP contribution in [-0.4, -0.2) is 16.2 Å². The highest BCUT2D eigenvalue weighted by Gasteiger charge is 2.40. The highest BCUT2D eigenvalue weighted by molar-refractivity contribution is 5.70. The summed E-state index contributed by atoms with van der Waals surface area (Å²) >= 11 is 0. The summed E-state index contributed by atoms with van der Waals surface area (Å²) in [6.07, 6.45) is 2.18. The number of aliphatic carboxylic acids is 1. The Labute approximate surface area is 94.7 Å². The standard InChI is InChI=1S/C13H16O3/c1-13(16,11-6-7-11)10-4-2-9(3-5-10)8-12(14)15/h2-5,11,16H,6-8H2,1H3,(H,14,15). The predicted molar refractivity (Wildman–Crippen MR) is 60.1 cm³/mol. The molecule has 1 aromatic carbocycles. The van der Waals surface area contributed by atoms with Crippen molar-refractivity contribution in [1.82, 2.24) is 0 Å². The Morgan fingerprint density at radius 3 is 2.38 bits per heavy atom. The zero-order chi connectivity index (χ0) is 11.8. The maximum absolute atomic E-state index is 10.5. The quantitative estimate of drug-likeness (QED) is 0.815. The molecule has 0 radical (unpaired) electrons. The molecule has 1 aliphatic carbocycles. The molecule has 86 valence electrons. The first-order chi connectivity index (χ1) is 7.50. The largest absolute Gasteiger partial charge is 0.481 e. The van der Waals surface area contributed by atoms with Crippen LogP contribution in [0.25, 0.3) is 0 Å². The number of hydrogen-bond donors (Lipinski definition) is 2. The Morgan fingerprint density at radius 1 is 1.38 bits per heavy atom. The monoisotopic (exact) mass is 220 g/mol. The van der Waals surface area contributed by atoms with Crippen LogP contribution in [0.5, 0.6) is 0 Å². The van der Waals surface area contributed by atoms with E-state index in [0.717, 1.165) is 24.0 Å². The summed E-state index contributed by atoms with van der Waals surface area (Å²) in [7, 11) is 0. The fourth-order valence-corrected chi connectivity index (χ4v) is 2.02. The van der Waals surface area contributed by atoms with Crippen LogP contribution >= 0.6 is 0 Å². The molecule has 0 aliphatic heterocycles. The number of benzene rings is 1. The highest BCUT2D eigenvalue weighted by Crippen LogP contribution is 2.45. The number of carboxylic acids is 1. The van der Waals surface area contributed by atoms with E-state index in [4.69, 9.17) is 5.11 Å². The van der Waals surface area contributed by atoms with Crippen molar-refractivity contribution in [2.24, 2.45) is 5.92 Å². The molecule has 0 spiro atoms. The van der Waals surface area contributed by atoms with Crippen LogP contribution in [0.15, 0.2) is 24.3 Å². The average Bonchev–Trinajstić information content (AvgIpc) is 3.00. The molecule has 16 heavy (non-hydrogen) atoms. The number of hydrogen-bond acceptors (Lipinski definition) is 2. The summed E-state index contributed by atoms with van der Waals surface area (Å²) in [5.74, 6) is -0.473. The number of rotatable bonds is 4. The van der Waals surface area contributed by atoms with E-state index in [9.17, 15) is 9.90 Å². The van der Waals surface area contributed by atoms with E-state index in [0.29, 0.717) is 5.92 Å². The van der Waals surface area contributed by atoms with Crippen LogP contribution in [0.4, 0.5) is 0 Å². The summed E-state index contributed by atoms with van der Waals surface area (Å²) in [5, 5.41) is 18.9. The van der Waals surface area contributed by atoms with E-state index in [2.05, 4.69) is 0 Å². The molecule has 0 bridgehead atoms. The summed E-state index contributed by atoms with van der Waals surface area (Å²) in [5.41, 5.74) is 0.883. The minimum Gasteiger partial charge on any atom is -0.481 e. The molecule has 2 N–H and O–H groups in total. The van der Waals surface area contributed by atoms with Gasteiger partial charge in [0, 0.05) is 0 Å². The minimum absolute atomic E-state index is 0.0336. The van der Waals surface area contributed by atoms with E-state index in [1.807, 2.05) is 19.1 Å². The van der Waals surface area contributed by atoms with Gasteiger partial charge in [0.25, 0.3) is 0 Å². The van der Waals surface area contributed by atoms with E-state index in [-0.39, 0.29) is 6.42 Å². The van der Waals surface area contributed by atoms with Crippen molar-refractivity contribution in [3.63, 3.8) is 0 Å². The zero-order valence-corrected chi connectivity index (χ0v) is 9.31. The Bertz CT molecular complexity index is 388. The molecule has 1 aromatic rings. The van der Waals surface area contributed by atoms with Crippen molar-refractivity contribution >= 4 is 5.97 Å². The van der Waals surface area contributed by atoms with Crippen LogP contribution in [0.3, 0.4) is 0 Å².